The molecule has 2 saturated heterocycles. The van der Waals surface area contributed by atoms with Gasteiger partial charge in [0.15, 0.2) is 5.78 Å². The Morgan fingerprint density at radius 3 is 2.31 bits per heavy atom. The number of amides is 1. The number of hydrogen-bond donors (Lipinski definition) is 3. The third kappa shape index (κ3) is 17.4. The molecule has 3 fully saturated rings. The minimum atomic E-state index is -2.47. The number of alkyl halides is 1. The number of ether oxygens (including phenoxy) is 6. The molecule has 4 aliphatic rings. The van der Waals surface area contributed by atoms with Gasteiger partial charge in [0.2, 0.25) is 5.79 Å². The first kappa shape index (κ1) is 60.9. The van der Waals surface area contributed by atoms with Crippen molar-refractivity contribution in [1.29, 1.82) is 0 Å². The number of esters is 1. The molecule has 71 heavy (non-hydrogen) atoms. The number of Topliss-reactive ketones (excluding diaryl/α,β-unsaturated/α-hetero) is 3. The highest BCUT2D eigenvalue weighted by atomic mass is 127. The molecular weight excluding hydrogens is 1030 g/mol. The van der Waals surface area contributed by atoms with Gasteiger partial charge in [-0.15, -0.1) is 0 Å². The second kappa shape index (κ2) is 30.0. The molecule has 3 N–H and O–H groups in total. The van der Waals surface area contributed by atoms with E-state index in [0.29, 0.717) is 50.7 Å². The average molecular weight is 1110 g/mol. The second-order valence-electron chi connectivity index (χ2n) is 20.8. The van der Waals surface area contributed by atoms with Gasteiger partial charge >= 0.3 is 5.97 Å². The Balaban J connectivity index is 1.70. The minimum absolute atomic E-state index is 0.00518. The van der Waals surface area contributed by atoms with Gasteiger partial charge in [0.25, 0.3) is 11.7 Å². The Kier molecular flexibility index (Phi) is 25.7. The van der Waals surface area contributed by atoms with Crippen molar-refractivity contribution >= 4 is 51.8 Å². The van der Waals surface area contributed by atoms with Crippen LogP contribution in [0.1, 0.15) is 132 Å². The lowest BCUT2D eigenvalue weighted by molar-refractivity contribution is -0.266. The maximum atomic E-state index is 14.5. The number of nitrogens with zero attached hydrogens (tertiary/aromatic N) is 1. The topological polar surface area (TPSA) is 205 Å². The van der Waals surface area contributed by atoms with Crippen molar-refractivity contribution in [3.63, 3.8) is 0 Å². The van der Waals surface area contributed by atoms with Crippen molar-refractivity contribution in [2.45, 2.75) is 186 Å². The SMILES string of the molecule is CO[C@@H]1C[C@H](CC(C)[C@@H]2CC(=O)[C@H](C)/C=C(\C)[C@@H](O)[C@@H](OC)C(=O)[C@H](C)C[C@H](C)/C=C/C=C/C=C(\C)[C@@H](OCCO)C[C@@H]3CC[C@@H](C)[C@@](O)(O3)C(=O)C(=O)N3CCCC[C@H]3C(=O)O2)CC[C@H]1OCCCI. The van der Waals surface area contributed by atoms with Gasteiger partial charge in [0, 0.05) is 62.4 Å². The lowest BCUT2D eigenvalue weighted by atomic mass is 9.78. The Morgan fingerprint density at radius 1 is 0.873 bits per heavy atom. The molecule has 4 rings (SSSR count). The molecule has 15 nitrogen and oxygen atoms in total. The first-order chi connectivity index (χ1) is 33.8. The van der Waals surface area contributed by atoms with Crippen LogP contribution in [0, 0.1) is 35.5 Å². The van der Waals surface area contributed by atoms with Crippen LogP contribution in [0.2, 0.25) is 0 Å². The molecule has 1 amide bonds. The van der Waals surface area contributed by atoms with Crippen molar-refractivity contribution in [2.24, 2.45) is 35.5 Å². The number of piperidine rings is 1. The van der Waals surface area contributed by atoms with Gasteiger partial charge < -0.3 is 48.6 Å². The Morgan fingerprint density at radius 2 is 1.62 bits per heavy atom. The van der Waals surface area contributed by atoms with Gasteiger partial charge in [-0.3, -0.25) is 19.2 Å². The summed E-state index contributed by atoms with van der Waals surface area (Å²) in [6.45, 7) is 13.2. The van der Waals surface area contributed by atoms with Crippen LogP contribution in [-0.2, 0) is 52.4 Å². The van der Waals surface area contributed by atoms with Gasteiger partial charge in [-0.25, -0.2) is 4.79 Å². The van der Waals surface area contributed by atoms with E-state index in [1.165, 1.54) is 12.0 Å². The predicted molar refractivity (Wildman–Crippen MR) is 278 cm³/mol. The number of allylic oxidation sites excluding steroid dienone is 6. The fourth-order valence-corrected chi connectivity index (χ4v) is 11.0. The van der Waals surface area contributed by atoms with E-state index in [4.69, 9.17) is 28.4 Å². The van der Waals surface area contributed by atoms with E-state index in [2.05, 4.69) is 22.6 Å². The summed E-state index contributed by atoms with van der Waals surface area (Å²) in [7, 11) is 3.07. The molecule has 2 bridgehead atoms. The first-order valence-corrected chi connectivity index (χ1v) is 27.7. The van der Waals surface area contributed by atoms with E-state index in [1.54, 1.807) is 34.0 Å². The Bertz CT molecular complexity index is 1870. The third-order valence-corrected chi connectivity index (χ3v) is 16.0. The molecule has 3 aliphatic heterocycles. The number of hydrogen-bond acceptors (Lipinski definition) is 14. The first-order valence-electron chi connectivity index (χ1n) is 26.2. The highest BCUT2D eigenvalue weighted by Gasteiger charge is 2.53. The van der Waals surface area contributed by atoms with Crippen LogP contribution in [0.25, 0.3) is 0 Å². The highest BCUT2D eigenvalue weighted by molar-refractivity contribution is 14.1. The predicted octanol–water partition coefficient (Wildman–Crippen LogP) is 7.39. The number of fused-ring (bicyclic) bond motifs is 3. The zero-order valence-electron chi connectivity index (χ0n) is 43.9. The molecule has 15 atom stereocenters. The van der Waals surface area contributed by atoms with Crippen molar-refractivity contribution in [3.8, 4) is 0 Å². The van der Waals surface area contributed by atoms with Crippen molar-refractivity contribution in [1.82, 2.24) is 4.90 Å². The molecule has 0 aromatic rings. The van der Waals surface area contributed by atoms with Crippen LogP contribution >= 0.6 is 22.6 Å². The van der Waals surface area contributed by atoms with Crippen molar-refractivity contribution in [3.05, 3.63) is 47.6 Å². The quantitative estimate of drug-likeness (QED) is 0.0436. The second-order valence-corrected chi connectivity index (χ2v) is 21.9. The highest BCUT2D eigenvalue weighted by Crippen LogP contribution is 2.38. The van der Waals surface area contributed by atoms with Gasteiger partial charge in [0.1, 0.15) is 30.1 Å². The molecule has 1 unspecified atom stereocenters. The van der Waals surface area contributed by atoms with Crippen molar-refractivity contribution in [2.75, 3.05) is 45.0 Å². The lowest BCUT2D eigenvalue weighted by Gasteiger charge is -2.43. The molecule has 3 heterocycles. The number of rotatable bonds is 12. The molecule has 1 aliphatic carbocycles. The van der Waals surface area contributed by atoms with E-state index >= 15 is 0 Å². The molecule has 16 heteroatoms. The molecule has 0 aromatic carbocycles. The van der Waals surface area contributed by atoms with Crippen LogP contribution in [0.3, 0.4) is 0 Å². The molecule has 0 radical (unpaired) electrons. The monoisotopic (exact) mass is 1110 g/mol. The number of carbonyl (C=O) groups excluding carboxylic acids is 5. The number of carbonyl (C=O) groups is 5. The summed E-state index contributed by atoms with van der Waals surface area (Å²) in [4.78, 5) is 72.5. The van der Waals surface area contributed by atoms with Crippen LogP contribution in [0.5, 0.6) is 0 Å². The minimum Gasteiger partial charge on any atom is -0.460 e. The molecule has 0 aromatic heterocycles. The standard InChI is InChI=1S/C55H86INO14/c1-34-16-11-10-12-17-35(2)46(69-27-25-58)32-42-21-19-40(7)55(65,71-42)52(62)53(63)57-24-14-13-18-43(57)54(64)70-47(37(4)30-41-20-22-45(48(31-41)66-8)68-26-15-23-56)33-44(59)36(3)29-39(6)50(61)51(67-9)49(60)38(5)28-34/h10-12,16-17,29,34,36-38,40-43,45-48,50-51,58,61,65H,13-15,18-28,30-33H2,1-9H3/b12-10+,16-11+,35-17+,39-29+/t34-,36-,37?,38-,40-,41+,42+,43+,45-,46+,47+,48-,50-,51+,55-/m1/s1. The average Bonchev–Trinajstić information content (AvgIpc) is 3.35. The molecule has 1 saturated carbocycles. The summed E-state index contributed by atoms with van der Waals surface area (Å²) in [6.07, 6.45) is 13.0. The van der Waals surface area contributed by atoms with Crippen LogP contribution in [0.4, 0.5) is 0 Å². The normalized spacial score (nSPS) is 38.0. The van der Waals surface area contributed by atoms with Gasteiger partial charge in [-0.05, 0) is 113 Å². The van der Waals surface area contributed by atoms with Crippen LogP contribution in [-0.4, -0.2) is 149 Å². The summed E-state index contributed by atoms with van der Waals surface area (Å²) >= 11 is 2.34. The number of ketones is 3. The number of aliphatic hydroxyl groups excluding tert-OH is 2. The van der Waals surface area contributed by atoms with E-state index in [-0.39, 0.29) is 80.5 Å². The maximum Gasteiger partial charge on any atom is 0.329 e. The largest absolute Gasteiger partial charge is 0.460 e. The maximum absolute atomic E-state index is 14.5. The Hall–Kier alpha value is -2.68. The number of halogens is 1. The van der Waals surface area contributed by atoms with E-state index < -0.39 is 77.8 Å². The Labute approximate surface area is 437 Å². The molecule has 0 spiro atoms. The molecular formula is C55H86INO14. The van der Waals surface area contributed by atoms with Crippen LogP contribution in [0.15, 0.2) is 47.6 Å². The fourth-order valence-electron chi connectivity index (χ4n) is 10.7. The number of aliphatic hydroxyl groups is 3. The number of cyclic esters (lactones) is 1. The summed E-state index contributed by atoms with van der Waals surface area (Å²) in [5, 5.41) is 33.2. The van der Waals surface area contributed by atoms with Crippen molar-refractivity contribution < 1.29 is 67.7 Å². The van der Waals surface area contributed by atoms with Gasteiger partial charge in [-0.2, -0.15) is 0 Å². The lowest BCUT2D eigenvalue weighted by Crippen LogP contribution is -2.61. The third-order valence-electron chi connectivity index (χ3n) is 15.2. The summed E-state index contributed by atoms with van der Waals surface area (Å²) in [6, 6.07) is -1.15. The van der Waals surface area contributed by atoms with E-state index in [0.717, 1.165) is 35.7 Å². The fraction of sp³-hybridized carbons (Fsp3) is 0.764. The van der Waals surface area contributed by atoms with Crippen LogP contribution < -0.4 is 0 Å². The number of methoxy groups -OCH3 is 2. The van der Waals surface area contributed by atoms with Gasteiger partial charge in [0.05, 0.1) is 37.6 Å². The van der Waals surface area contributed by atoms with Gasteiger partial charge in [-0.1, -0.05) is 93.7 Å². The summed E-state index contributed by atoms with van der Waals surface area (Å²) in [5.41, 5.74) is 1.20. The molecule has 402 valence electrons. The zero-order valence-corrected chi connectivity index (χ0v) is 46.1. The summed E-state index contributed by atoms with van der Waals surface area (Å²) in [5.74, 6) is -8.00. The van der Waals surface area contributed by atoms with E-state index in [1.807, 2.05) is 58.1 Å². The smallest absolute Gasteiger partial charge is 0.329 e. The summed E-state index contributed by atoms with van der Waals surface area (Å²) < 4.78 is 37.3. The van der Waals surface area contributed by atoms with E-state index in [9.17, 15) is 39.3 Å². The zero-order chi connectivity index (χ0) is 52.4.